The molecular formula is C21H27NO2. The van der Waals surface area contributed by atoms with Crippen LogP contribution in [0.1, 0.15) is 47.7 Å². The summed E-state index contributed by atoms with van der Waals surface area (Å²) in [5, 5.41) is 3.02. The van der Waals surface area contributed by atoms with Gasteiger partial charge in [0.05, 0.1) is 6.04 Å². The third-order valence-corrected chi connectivity index (χ3v) is 4.55. The minimum atomic E-state index is -0.541. The minimum Gasteiger partial charge on any atom is -0.481 e. The molecule has 2 aromatic carbocycles. The predicted octanol–water partition coefficient (Wildman–Crippen LogP) is 4.56. The molecule has 2 rings (SSSR count). The highest BCUT2D eigenvalue weighted by molar-refractivity contribution is 5.81. The molecule has 3 nitrogen and oxygen atoms in total. The van der Waals surface area contributed by atoms with Gasteiger partial charge in [0.2, 0.25) is 0 Å². The van der Waals surface area contributed by atoms with E-state index in [2.05, 4.69) is 44.3 Å². The van der Waals surface area contributed by atoms with E-state index in [4.69, 9.17) is 4.74 Å². The van der Waals surface area contributed by atoms with Crippen LogP contribution in [0.3, 0.4) is 0 Å². The Morgan fingerprint density at radius 2 is 1.46 bits per heavy atom. The summed E-state index contributed by atoms with van der Waals surface area (Å²) in [5.41, 5.74) is 5.95. The number of amides is 1. The Bertz CT molecular complexity index is 737. The minimum absolute atomic E-state index is 0.0531. The monoisotopic (exact) mass is 325 g/mol. The maximum Gasteiger partial charge on any atom is 0.261 e. The number of rotatable bonds is 5. The summed E-state index contributed by atoms with van der Waals surface area (Å²) >= 11 is 0. The molecule has 0 aliphatic heterocycles. The Balaban J connectivity index is 1.99. The molecule has 0 saturated heterocycles. The van der Waals surface area contributed by atoms with Crippen molar-refractivity contribution in [1.82, 2.24) is 5.32 Å². The fourth-order valence-corrected chi connectivity index (χ4v) is 2.49. The normalized spacial score (nSPS) is 13.2. The number of benzene rings is 2. The highest BCUT2D eigenvalue weighted by atomic mass is 16.5. The van der Waals surface area contributed by atoms with Crippen LogP contribution < -0.4 is 10.1 Å². The molecule has 0 saturated carbocycles. The molecule has 0 aliphatic rings. The molecular weight excluding hydrogens is 298 g/mol. The maximum absolute atomic E-state index is 12.4. The first-order chi connectivity index (χ1) is 11.3. The van der Waals surface area contributed by atoms with Crippen molar-refractivity contribution in [3.63, 3.8) is 0 Å². The summed E-state index contributed by atoms with van der Waals surface area (Å²) in [7, 11) is 0. The Morgan fingerprint density at radius 3 is 2.04 bits per heavy atom. The van der Waals surface area contributed by atoms with Crippen molar-refractivity contribution in [3.8, 4) is 5.75 Å². The maximum atomic E-state index is 12.4. The van der Waals surface area contributed by atoms with E-state index < -0.39 is 6.10 Å². The van der Waals surface area contributed by atoms with Gasteiger partial charge in [0.25, 0.3) is 5.91 Å². The molecule has 0 bridgehead atoms. The quantitative estimate of drug-likeness (QED) is 0.875. The van der Waals surface area contributed by atoms with Gasteiger partial charge in [0.1, 0.15) is 5.75 Å². The Morgan fingerprint density at radius 1 is 0.875 bits per heavy atom. The van der Waals surface area contributed by atoms with Gasteiger partial charge in [-0.3, -0.25) is 4.79 Å². The molecule has 0 fully saturated rings. The van der Waals surface area contributed by atoms with Crippen LogP contribution in [0.15, 0.2) is 36.4 Å². The largest absolute Gasteiger partial charge is 0.481 e. The van der Waals surface area contributed by atoms with Gasteiger partial charge in [0, 0.05) is 0 Å². The van der Waals surface area contributed by atoms with Gasteiger partial charge < -0.3 is 10.1 Å². The van der Waals surface area contributed by atoms with Crippen LogP contribution in [0.4, 0.5) is 0 Å². The van der Waals surface area contributed by atoms with Gasteiger partial charge in [-0.15, -0.1) is 0 Å². The molecule has 1 amide bonds. The summed E-state index contributed by atoms with van der Waals surface area (Å²) in [6, 6.07) is 12.1. The number of ether oxygens (including phenoxy) is 1. The number of carbonyl (C=O) groups is 1. The number of carbonyl (C=O) groups excluding carboxylic acids is 1. The van der Waals surface area contributed by atoms with Crippen molar-refractivity contribution in [2.75, 3.05) is 0 Å². The zero-order valence-corrected chi connectivity index (χ0v) is 15.4. The fourth-order valence-electron chi connectivity index (χ4n) is 2.49. The first kappa shape index (κ1) is 18.1. The van der Waals surface area contributed by atoms with Crippen molar-refractivity contribution in [3.05, 3.63) is 64.2 Å². The lowest BCUT2D eigenvalue weighted by atomic mass is 10.0. The van der Waals surface area contributed by atoms with E-state index in [0.717, 1.165) is 16.9 Å². The third kappa shape index (κ3) is 4.38. The van der Waals surface area contributed by atoms with E-state index in [1.165, 1.54) is 16.7 Å². The SMILES string of the molecule is Cc1ccc(O[C@@H](C)C(=O)N[C@@H](C)c2ccc(C)c(C)c2)cc1C. The van der Waals surface area contributed by atoms with Crippen LogP contribution in [0.25, 0.3) is 0 Å². The summed E-state index contributed by atoms with van der Waals surface area (Å²) < 4.78 is 5.78. The molecule has 0 unspecified atom stereocenters. The number of nitrogens with one attached hydrogen (secondary N) is 1. The highest BCUT2D eigenvalue weighted by Crippen LogP contribution is 2.19. The Labute approximate surface area is 145 Å². The van der Waals surface area contributed by atoms with Crippen molar-refractivity contribution < 1.29 is 9.53 Å². The van der Waals surface area contributed by atoms with Gasteiger partial charge in [-0.25, -0.2) is 0 Å². The second-order valence-corrected chi connectivity index (χ2v) is 6.58. The molecule has 2 atom stereocenters. The average molecular weight is 325 g/mol. The first-order valence-corrected chi connectivity index (χ1v) is 8.39. The van der Waals surface area contributed by atoms with Crippen molar-refractivity contribution in [1.29, 1.82) is 0 Å². The highest BCUT2D eigenvalue weighted by Gasteiger charge is 2.18. The molecule has 0 spiro atoms. The lowest BCUT2D eigenvalue weighted by Gasteiger charge is -2.20. The lowest BCUT2D eigenvalue weighted by Crippen LogP contribution is -2.37. The molecule has 3 heteroatoms. The van der Waals surface area contributed by atoms with Gasteiger partial charge in [0.15, 0.2) is 6.10 Å². The second-order valence-electron chi connectivity index (χ2n) is 6.58. The Hall–Kier alpha value is -2.29. The molecule has 0 heterocycles. The molecule has 1 N–H and O–H groups in total. The van der Waals surface area contributed by atoms with Crippen LogP contribution in [-0.2, 0) is 4.79 Å². The molecule has 0 radical (unpaired) electrons. The Kier molecular flexibility index (Phi) is 5.66. The van der Waals surface area contributed by atoms with E-state index in [0.29, 0.717) is 0 Å². The van der Waals surface area contributed by atoms with E-state index in [1.807, 2.05) is 32.0 Å². The van der Waals surface area contributed by atoms with Crippen LogP contribution in [-0.4, -0.2) is 12.0 Å². The van der Waals surface area contributed by atoms with E-state index >= 15 is 0 Å². The molecule has 0 aliphatic carbocycles. The van der Waals surface area contributed by atoms with E-state index in [-0.39, 0.29) is 11.9 Å². The van der Waals surface area contributed by atoms with Crippen molar-refractivity contribution in [2.45, 2.75) is 53.7 Å². The van der Waals surface area contributed by atoms with Crippen molar-refractivity contribution >= 4 is 5.91 Å². The summed E-state index contributed by atoms with van der Waals surface area (Å²) in [6.07, 6.45) is -0.541. The molecule has 128 valence electrons. The fraction of sp³-hybridized carbons (Fsp3) is 0.381. The van der Waals surface area contributed by atoms with Gasteiger partial charge in [-0.2, -0.15) is 0 Å². The zero-order chi connectivity index (χ0) is 17.9. The van der Waals surface area contributed by atoms with E-state index in [1.54, 1.807) is 6.92 Å². The van der Waals surface area contributed by atoms with Crippen LogP contribution in [0, 0.1) is 27.7 Å². The molecule has 0 aromatic heterocycles. The first-order valence-electron chi connectivity index (χ1n) is 8.39. The summed E-state index contributed by atoms with van der Waals surface area (Å²) in [5.74, 6) is 0.610. The average Bonchev–Trinajstić information content (AvgIpc) is 2.53. The van der Waals surface area contributed by atoms with Gasteiger partial charge in [-0.1, -0.05) is 24.3 Å². The smallest absolute Gasteiger partial charge is 0.261 e. The number of hydrogen-bond acceptors (Lipinski definition) is 2. The van der Waals surface area contributed by atoms with Gasteiger partial charge >= 0.3 is 0 Å². The zero-order valence-electron chi connectivity index (χ0n) is 15.4. The standard InChI is InChI=1S/C21H27NO2/c1-13-7-9-19(11-15(13)3)17(5)22-21(23)18(6)24-20-10-8-14(2)16(4)12-20/h7-12,17-18H,1-6H3,(H,22,23)/t17-,18-/m0/s1. The third-order valence-electron chi connectivity index (χ3n) is 4.55. The molecule has 24 heavy (non-hydrogen) atoms. The summed E-state index contributed by atoms with van der Waals surface area (Å²) in [6.45, 7) is 12.0. The summed E-state index contributed by atoms with van der Waals surface area (Å²) in [4.78, 5) is 12.4. The number of hydrogen-bond donors (Lipinski definition) is 1. The lowest BCUT2D eigenvalue weighted by molar-refractivity contribution is -0.127. The second kappa shape index (κ2) is 7.52. The number of aryl methyl sites for hydroxylation is 4. The van der Waals surface area contributed by atoms with E-state index in [9.17, 15) is 4.79 Å². The van der Waals surface area contributed by atoms with Crippen LogP contribution >= 0.6 is 0 Å². The van der Waals surface area contributed by atoms with Crippen LogP contribution in [0.5, 0.6) is 5.75 Å². The topological polar surface area (TPSA) is 38.3 Å². The van der Waals surface area contributed by atoms with Crippen molar-refractivity contribution in [2.24, 2.45) is 0 Å². The predicted molar refractivity (Wildman–Crippen MR) is 98.5 cm³/mol. The van der Waals surface area contributed by atoms with Crippen LogP contribution in [0.2, 0.25) is 0 Å². The molecule has 2 aromatic rings. The van der Waals surface area contributed by atoms with Gasteiger partial charge in [-0.05, 0) is 81.5 Å².